The first-order chi connectivity index (χ1) is 13.0. The summed E-state index contributed by atoms with van der Waals surface area (Å²) in [6.07, 6.45) is 0. The lowest BCUT2D eigenvalue weighted by atomic mass is 10.2. The third kappa shape index (κ3) is 3.41. The number of nitrogens with zero attached hydrogens (tertiary/aromatic N) is 3. The molecule has 0 saturated heterocycles. The smallest absolute Gasteiger partial charge is 0.286 e. The van der Waals surface area contributed by atoms with Gasteiger partial charge in [-0.15, -0.1) is 0 Å². The maximum absolute atomic E-state index is 12.6. The van der Waals surface area contributed by atoms with Gasteiger partial charge in [0.1, 0.15) is 5.56 Å². The van der Waals surface area contributed by atoms with E-state index in [9.17, 15) is 14.9 Å². The minimum absolute atomic E-state index is 0.0437. The SMILES string of the molecule is CCn1c(=NC(=O)c2ccccc2[N+](=O)[O-])sc2cc(OC)c(OC)cc21. The zero-order chi connectivity index (χ0) is 19.6. The summed E-state index contributed by atoms with van der Waals surface area (Å²) in [6.45, 7) is 2.50. The number of thiazole rings is 1. The summed E-state index contributed by atoms with van der Waals surface area (Å²) in [7, 11) is 3.10. The normalized spacial score (nSPS) is 11.6. The number of carbonyl (C=O) groups is 1. The summed E-state index contributed by atoms with van der Waals surface area (Å²) in [4.78, 5) is 27.8. The Kier molecular flexibility index (Phi) is 5.22. The molecule has 140 valence electrons. The van der Waals surface area contributed by atoms with E-state index < -0.39 is 10.8 Å². The number of fused-ring (bicyclic) bond motifs is 1. The van der Waals surface area contributed by atoms with E-state index in [1.807, 2.05) is 23.6 Å². The molecular formula is C18H17N3O5S. The van der Waals surface area contributed by atoms with Gasteiger partial charge in [0.25, 0.3) is 11.6 Å². The average Bonchev–Trinajstić information content (AvgIpc) is 3.02. The van der Waals surface area contributed by atoms with Crippen molar-refractivity contribution in [3.63, 3.8) is 0 Å². The largest absolute Gasteiger partial charge is 0.493 e. The number of hydrogen-bond acceptors (Lipinski definition) is 6. The molecule has 0 radical (unpaired) electrons. The number of aromatic nitrogens is 1. The fourth-order valence-electron chi connectivity index (χ4n) is 2.75. The fourth-order valence-corrected chi connectivity index (χ4v) is 3.85. The van der Waals surface area contributed by atoms with Crippen molar-refractivity contribution in [2.75, 3.05) is 14.2 Å². The van der Waals surface area contributed by atoms with Gasteiger partial charge in [-0.1, -0.05) is 23.5 Å². The monoisotopic (exact) mass is 387 g/mol. The number of aryl methyl sites for hydroxylation is 1. The van der Waals surface area contributed by atoms with Crippen LogP contribution >= 0.6 is 11.3 Å². The van der Waals surface area contributed by atoms with Gasteiger partial charge in [0, 0.05) is 24.7 Å². The highest BCUT2D eigenvalue weighted by molar-refractivity contribution is 7.16. The number of carbonyl (C=O) groups excluding carboxylic acids is 1. The van der Waals surface area contributed by atoms with E-state index >= 15 is 0 Å². The molecule has 0 atom stereocenters. The number of amides is 1. The summed E-state index contributed by atoms with van der Waals surface area (Å²) >= 11 is 1.30. The molecule has 0 unspecified atom stereocenters. The maximum Gasteiger partial charge on any atom is 0.286 e. The van der Waals surface area contributed by atoms with Crippen molar-refractivity contribution < 1.29 is 19.2 Å². The highest BCUT2D eigenvalue weighted by Crippen LogP contribution is 2.33. The van der Waals surface area contributed by atoms with Crippen LogP contribution in [0.4, 0.5) is 5.69 Å². The Hall–Kier alpha value is -3.20. The second-order valence-corrected chi connectivity index (χ2v) is 6.50. The molecule has 0 N–H and O–H groups in total. The maximum atomic E-state index is 12.6. The first kappa shape index (κ1) is 18.6. The second-order valence-electron chi connectivity index (χ2n) is 5.50. The van der Waals surface area contributed by atoms with Crippen LogP contribution in [0.3, 0.4) is 0 Å². The first-order valence-electron chi connectivity index (χ1n) is 8.08. The van der Waals surface area contributed by atoms with Crippen molar-refractivity contribution in [2.45, 2.75) is 13.5 Å². The molecule has 3 rings (SSSR count). The third-order valence-corrected chi connectivity index (χ3v) is 5.07. The van der Waals surface area contributed by atoms with Crippen LogP contribution in [0.2, 0.25) is 0 Å². The average molecular weight is 387 g/mol. The van der Waals surface area contributed by atoms with E-state index in [4.69, 9.17) is 9.47 Å². The van der Waals surface area contributed by atoms with Crippen molar-refractivity contribution in [1.82, 2.24) is 4.57 Å². The van der Waals surface area contributed by atoms with Crippen molar-refractivity contribution in [2.24, 2.45) is 4.99 Å². The third-order valence-electron chi connectivity index (χ3n) is 4.03. The minimum atomic E-state index is -0.657. The molecule has 1 heterocycles. The Balaban J connectivity index is 2.19. The van der Waals surface area contributed by atoms with Gasteiger partial charge in [0.15, 0.2) is 16.3 Å². The van der Waals surface area contributed by atoms with E-state index in [-0.39, 0.29) is 11.3 Å². The van der Waals surface area contributed by atoms with Crippen LogP contribution in [0.25, 0.3) is 10.2 Å². The van der Waals surface area contributed by atoms with E-state index in [1.54, 1.807) is 20.3 Å². The molecule has 3 aromatic rings. The van der Waals surface area contributed by atoms with Crippen molar-refractivity contribution in [3.8, 4) is 11.5 Å². The van der Waals surface area contributed by atoms with Crippen LogP contribution in [0.15, 0.2) is 41.4 Å². The summed E-state index contributed by atoms with van der Waals surface area (Å²) in [6, 6.07) is 9.42. The number of nitro benzene ring substituents is 1. The molecule has 0 bridgehead atoms. The number of benzene rings is 2. The molecule has 0 aliphatic heterocycles. The lowest BCUT2D eigenvalue weighted by Gasteiger charge is -2.08. The standard InChI is InChI=1S/C18H17N3O5S/c1-4-20-13-9-14(25-2)15(26-3)10-16(13)27-18(20)19-17(22)11-7-5-6-8-12(11)21(23)24/h5-10H,4H2,1-3H3. The van der Waals surface area contributed by atoms with Crippen molar-refractivity contribution in [3.05, 3.63) is 56.9 Å². The number of methoxy groups -OCH3 is 2. The molecule has 1 aromatic heterocycles. The van der Waals surface area contributed by atoms with E-state index in [1.165, 1.54) is 29.5 Å². The molecule has 8 nitrogen and oxygen atoms in total. The Labute approximate surface area is 158 Å². The van der Waals surface area contributed by atoms with Gasteiger partial charge in [0.05, 0.1) is 29.4 Å². The van der Waals surface area contributed by atoms with E-state index in [2.05, 4.69) is 4.99 Å². The topological polar surface area (TPSA) is 96.0 Å². The van der Waals surface area contributed by atoms with Gasteiger partial charge in [-0.3, -0.25) is 14.9 Å². The molecule has 27 heavy (non-hydrogen) atoms. The number of hydrogen-bond donors (Lipinski definition) is 0. The zero-order valence-corrected chi connectivity index (χ0v) is 15.8. The van der Waals surface area contributed by atoms with Gasteiger partial charge in [-0.05, 0) is 13.0 Å². The minimum Gasteiger partial charge on any atom is -0.493 e. The van der Waals surface area contributed by atoms with Crippen LogP contribution in [-0.4, -0.2) is 29.6 Å². The quantitative estimate of drug-likeness (QED) is 0.494. The lowest BCUT2D eigenvalue weighted by molar-refractivity contribution is -0.385. The summed E-state index contributed by atoms with van der Waals surface area (Å²) in [5, 5.41) is 11.2. The molecule has 0 fully saturated rings. The fraction of sp³-hybridized carbons (Fsp3) is 0.222. The number of rotatable bonds is 5. The molecule has 2 aromatic carbocycles. The molecule has 0 spiro atoms. The predicted octanol–water partition coefficient (Wildman–Crippen LogP) is 3.39. The second kappa shape index (κ2) is 7.58. The molecule has 9 heteroatoms. The molecule has 0 aliphatic rings. The number of ether oxygens (including phenoxy) is 2. The van der Waals surface area contributed by atoms with Crippen LogP contribution in [0.5, 0.6) is 11.5 Å². The summed E-state index contributed by atoms with van der Waals surface area (Å²) in [5.74, 6) is 0.489. The van der Waals surface area contributed by atoms with Crippen LogP contribution in [0, 0.1) is 10.1 Å². The summed E-state index contributed by atoms with van der Waals surface area (Å²) in [5.41, 5.74) is 0.533. The van der Waals surface area contributed by atoms with Crippen LogP contribution < -0.4 is 14.3 Å². The zero-order valence-electron chi connectivity index (χ0n) is 15.0. The van der Waals surface area contributed by atoms with Gasteiger partial charge >= 0.3 is 0 Å². The van der Waals surface area contributed by atoms with Crippen LogP contribution in [-0.2, 0) is 6.54 Å². The van der Waals surface area contributed by atoms with Gasteiger partial charge in [-0.2, -0.15) is 4.99 Å². The lowest BCUT2D eigenvalue weighted by Crippen LogP contribution is -2.16. The molecule has 1 amide bonds. The number of nitro groups is 1. The molecule has 0 saturated carbocycles. The molecule has 0 aliphatic carbocycles. The Morgan fingerprint density at radius 3 is 2.52 bits per heavy atom. The highest BCUT2D eigenvalue weighted by Gasteiger charge is 2.19. The predicted molar refractivity (Wildman–Crippen MR) is 102 cm³/mol. The summed E-state index contributed by atoms with van der Waals surface area (Å²) < 4.78 is 13.4. The highest BCUT2D eigenvalue weighted by atomic mass is 32.1. The van der Waals surface area contributed by atoms with Gasteiger partial charge in [-0.25, -0.2) is 0 Å². The van der Waals surface area contributed by atoms with Gasteiger partial charge in [0.2, 0.25) is 0 Å². The van der Waals surface area contributed by atoms with Crippen LogP contribution in [0.1, 0.15) is 17.3 Å². The van der Waals surface area contributed by atoms with Crippen molar-refractivity contribution >= 4 is 33.1 Å². The Morgan fingerprint density at radius 2 is 1.89 bits per heavy atom. The Morgan fingerprint density at radius 1 is 1.22 bits per heavy atom. The Bertz CT molecular complexity index is 1100. The van der Waals surface area contributed by atoms with Crippen molar-refractivity contribution in [1.29, 1.82) is 0 Å². The molecular weight excluding hydrogens is 370 g/mol. The first-order valence-corrected chi connectivity index (χ1v) is 8.89. The van der Waals surface area contributed by atoms with E-state index in [0.29, 0.717) is 22.8 Å². The number of para-hydroxylation sites is 1. The van der Waals surface area contributed by atoms with E-state index in [0.717, 1.165) is 10.2 Å². The van der Waals surface area contributed by atoms with Gasteiger partial charge < -0.3 is 14.0 Å².